The van der Waals surface area contributed by atoms with Gasteiger partial charge in [0.1, 0.15) is 0 Å². The first-order valence-electron chi connectivity index (χ1n) is 30.0. The average Bonchev–Trinajstić information content (AvgIpc) is 3.35. The van der Waals surface area contributed by atoms with Crippen molar-refractivity contribution in [2.75, 3.05) is 26.4 Å². The van der Waals surface area contributed by atoms with E-state index in [1.54, 1.807) is 0 Å². The van der Waals surface area contributed by atoms with E-state index in [1.807, 2.05) is 0 Å². The van der Waals surface area contributed by atoms with Crippen molar-refractivity contribution in [1.29, 1.82) is 0 Å². The lowest BCUT2D eigenvalue weighted by Gasteiger charge is -2.02. The average molecular weight is 1000 g/mol. The Morgan fingerprint density at radius 3 is 0.817 bits per heavy atom. The van der Waals surface area contributed by atoms with E-state index in [1.165, 1.54) is 239 Å². The second-order valence-electron chi connectivity index (χ2n) is 19.1. The van der Waals surface area contributed by atoms with Crippen molar-refractivity contribution in [2.45, 2.75) is 305 Å². The van der Waals surface area contributed by atoms with Crippen molar-refractivity contribution in [2.24, 2.45) is 0 Å². The Morgan fingerprint density at radius 2 is 0.535 bits per heavy atom. The highest BCUT2D eigenvalue weighted by atomic mass is 16.5. The molecule has 0 bridgehead atoms. The molecule has 0 aliphatic carbocycles. The fraction of sp³-hybridized carbons (Fsp3) is 0.797. The van der Waals surface area contributed by atoms with Crippen molar-refractivity contribution in [1.82, 2.24) is 0 Å². The lowest BCUT2D eigenvalue weighted by Crippen LogP contribution is -2.00. The Morgan fingerprint density at radius 1 is 0.296 bits per heavy atom. The van der Waals surface area contributed by atoms with Crippen LogP contribution in [-0.2, 0) is 28.6 Å². The number of aliphatic hydroxyl groups is 1. The second-order valence-corrected chi connectivity index (χ2v) is 19.1. The Labute approximate surface area is 442 Å². The van der Waals surface area contributed by atoms with E-state index in [0.717, 1.165) is 38.5 Å². The van der Waals surface area contributed by atoms with Crippen LogP contribution >= 0.6 is 0 Å². The van der Waals surface area contributed by atoms with Gasteiger partial charge in [0.2, 0.25) is 0 Å². The van der Waals surface area contributed by atoms with E-state index in [0.29, 0.717) is 26.4 Å². The largest absolute Gasteiger partial charge is 0.466 e. The maximum Gasteiger partial charge on any atom is 0.302 e. The molecule has 0 aromatic rings. The van der Waals surface area contributed by atoms with Crippen LogP contribution in [0, 0.1) is 0 Å². The Hall–Kier alpha value is -2.93. The summed E-state index contributed by atoms with van der Waals surface area (Å²) >= 11 is 0. The van der Waals surface area contributed by atoms with E-state index in [2.05, 4.69) is 88.5 Å². The van der Waals surface area contributed by atoms with Gasteiger partial charge < -0.3 is 19.3 Å². The van der Waals surface area contributed by atoms with Gasteiger partial charge in [0, 0.05) is 27.4 Å². The summed E-state index contributed by atoms with van der Waals surface area (Å²) in [4.78, 5) is 31.6. The number of rotatable bonds is 48. The van der Waals surface area contributed by atoms with Crippen molar-refractivity contribution in [3.63, 3.8) is 0 Å². The maximum atomic E-state index is 10.6. The minimum atomic E-state index is -0.168. The highest BCUT2D eigenvalue weighted by Gasteiger charge is 1.97. The summed E-state index contributed by atoms with van der Waals surface area (Å²) in [5.41, 5.74) is 0. The first-order valence-corrected chi connectivity index (χ1v) is 30.0. The molecule has 7 heteroatoms. The first-order chi connectivity index (χ1) is 34.7. The standard InChI is InChI=1S/C18H34O2.C16H30O2.C16H28O2.C14H28O/c1-3-4-5-6-7-8-9-10-11-12-13-14-15-16-17-20-18(2)19;2*1-3-4-5-6-7-8-9-10-11-12-13-14-15-18-16(2)17;1-2-3-4-5-6-7-8-9-10-11-12-13-14-15/h6-7H,3-5,8-17H2,1-2H3;4-5H,3,6-15H2,1-2H3;4-7H,3,8-15H2,1-2H3;3-4,15H,2,5-14H2,1H3/b7-6+;5-4+;5-4+,7-6+;4-3+. The molecular weight excluding hydrogens is 881 g/mol. The third kappa shape index (κ3) is 90.3. The molecule has 0 spiro atoms. The molecule has 0 aromatic heterocycles. The zero-order valence-electron chi connectivity index (χ0n) is 48.3. The highest BCUT2D eigenvalue weighted by Crippen LogP contribution is 2.13. The number of carbonyl (C=O) groups excluding carboxylic acids is 3. The Kier molecular flexibility index (Phi) is 77.3. The molecule has 0 fully saturated rings. The van der Waals surface area contributed by atoms with Gasteiger partial charge in [-0.05, 0) is 103 Å². The van der Waals surface area contributed by atoms with Gasteiger partial charge >= 0.3 is 17.9 Å². The first kappa shape index (κ1) is 74.6. The summed E-state index contributed by atoms with van der Waals surface area (Å²) in [5, 5.41) is 8.60. The number of hydrogen-bond donors (Lipinski definition) is 1. The van der Waals surface area contributed by atoms with Crippen LogP contribution in [-0.4, -0.2) is 49.4 Å². The van der Waals surface area contributed by atoms with E-state index >= 15 is 0 Å². The zero-order valence-corrected chi connectivity index (χ0v) is 48.3. The minimum absolute atomic E-state index is 0.159. The molecule has 0 aliphatic heterocycles. The predicted octanol–water partition coefficient (Wildman–Crippen LogP) is 20.1. The van der Waals surface area contributed by atoms with Gasteiger partial charge in [-0.2, -0.15) is 0 Å². The van der Waals surface area contributed by atoms with Crippen LogP contribution in [0.1, 0.15) is 305 Å². The molecule has 0 radical (unpaired) electrons. The molecule has 0 unspecified atom stereocenters. The smallest absolute Gasteiger partial charge is 0.302 e. The summed E-state index contributed by atoms with van der Waals surface area (Å²) in [7, 11) is 0. The number of ether oxygens (including phenoxy) is 3. The molecule has 0 rings (SSSR count). The van der Waals surface area contributed by atoms with E-state index in [-0.39, 0.29) is 17.9 Å². The second kappa shape index (κ2) is 73.6. The normalized spacial score (nSPS) is 11.2. The molecule has 0 saturated heterocycles. The molecule has 0 atom stereocenters. The van der Waals surface area contributed by atoms with Crippen molar-refractivity contribution in [3.8, 4) is 0 Å². The van der Waals surface area contributed by atoms with Gasteiger partial charge in [-0.25, -0.2) is 0 Å². The SMILES string of the molecule is CC/C=C/C=C/CCCCCCCCOC(C)=O.CC/C=C/CCCCCCCCCCO.CC/C=C/CCCCCCCCCCOC(C)=O.CCCC/C=C/CCCCCCCCCCOC(C)=O. The van der Waals surface area contributed by atoms with Crippen LogP contribution in [0.5, 0.6) is 0 Å². The molecule has 71 heavy (non-hydrogen) atoms. The van der Waals surface area contributed by atoms with Gasteiger partial charge in [-0.1, -0.05) is 243 Å². The zero-order chi connectivity index (χ0) is 53.0. The van der Waals surface area contributed by atoms with E-state index < -0.39 is 0 Å². The molecule has 418 valence electrons. The summed E-state index contributed by atoms with van der Waals surface area (Å²) in [6, 6.07) is 0. The molecule has 7 nitrogen and oxygen atoms in total. The molecule has 0 aromatic carbocycles. The molecule has 0 saturated carbocycles. The number of esters is 3. The summed E-state index contributed by atoms with van der Waals surface area (Å²) < 4.78 is 14.7. The molecule has 0 aliphatic rings. The Bertz CT molecular complexity index is 1170. The summed E-state index contributed by atoms with van der Waals surface area (Å²) in [5.74, 6) is -0.486. The van der Waals surface area contributed by atoms with Gasteiger partial charge in [-0.15, -0.1) is 0 Å². The predicted molar refractivity (Wildman–Crippen MR) is 310 cm³/mol. The molecule has 0 heterocycles. The number of hydrogen-bond acceptors (Lipinski definition) is 7. The summed E-state index contributed by atoms with van der Waals surface area (Å²) in [6.45, 7) is 15.3. The lowest BCUT2D eigenvalue weighted by molar-refractivity contribution is -0.142. The van der Waals surface area contributed by atoms with Crippen molar-refractivity contribution >= 4 is 17.9 Å². The molecule has 1 N–H and O–H groups in total. The van der Waals surface area contributed by atoms with Crippen LogP contribution in [0.25, 0.3) is 0 Å². The maximum absolute atomic E-state index is 10.6. The van der Waals surface area contributed by atoms with Crippen LogP contribution in [0.2, 0.25) is 0 Å². The number of unbranched alkanes of at least 4 members (excludes halogenated alkanes) is 32. The number of allylic oxidation sites excluding steroid dienone is 10. The monoisotopic (exact) mass is 1000 g/mol. The fourth-order valence-electron chi connectivity index (χ4n) is 7.52. The van der Waals surface area contributed by atoms with Crippen molar-refractivity contribution in [3.05, 3.63) is 60.8 Å². The van der Waals surface area contributed by atoms with Gasteiger partial charge in [0.05, 0.1) is 19.8 Å². The molecule has 0 amide bonds. The number of aliphatic hydroxyl groups excluding tert-OH is 1. The van der Waals surface area contributed by atoms with Crippen LogP contribution in [0.3, 0.4) is 0 Å². The van der Waals surface area contributed by atoms with E-state index in [9.17, 15) is 14.4 Å². The quantitative estimate of drug-likeness (QED) is 0.0213. The Balaban J connectivity index is -0.000000423. The van der Waals surface area contributed by atoms with Crippen LogP contribution < -0.4 is 0 Å². The van der Waals surface area contributed by atoms with Crippen LogP contribution in [0.4, 0.5) is 0 Å². The lowest BCUT2D eigenvalue weighted by atomic mass is 10.1. The highest BCUT2D eigenvalue weighted by molar-refractivity contribution is 5.66. The van der Waals surface area contributed by atoms with Crippen LogP contribution in [0.15, 0.2) is 60.8 Å². The fourth-order valence-corrected chi connectivity index (χ4v) is 7.52. The third-order valence-electron chi connectivity index (χ3n) is 11.8. The third-order valence-corrected chi connectivity index (χ3v) is 11.8. The number of carbonyl (C=O) groups is 3. The minimum Gasteiger partial charge on any atom is -0.466 e. The summed E-state index contributed by atoms with van der Waals surface area (Å²) in [6.07, 6.45) is 72.8. The van der Waals surface area contributed by atoms with Gasteiger partial charge in [-0.3, -0.25) is 14.4 Å². The topological polar surface area (TPSA) is 99.1 Å². The van der Waals surface area contributed by atoms with Gasteiger partial charge in [0.25, 0.3) is 0 Å². The van der Waals surface area contributed by atoms with Gasteiger partial charge in [0.15, 0.2) is 0 Å². The van der Waals surface area contributed by atoms with Crippen molar-refractivity contribution < 1.29 is 33.7 Å². The molecular formula is C64H120O7. The van der Waals surface area contributed by atoms with E-state index in [4.69, 9.17) is 19.3 Å².